The Morgan fingerprint density at radius 1 is 0.875 bits per heavy atom. The fourth-order valence-corrected chi connectivity index (χ4v) is 2.37. The van der Waals surface area contributed by atoms with E-state index in [-0.39, 0.29) is 11.4 Å². The molecule has 3 heteroatoms. The first-order chi connectivity index (χ1) is 11.1. The molecule has 2 aromatic carbocycles. The van der Waals surface area contributed by atoms with Gasteiger partial charge in [-0.25, -0.2) is 4.79 Å². The van der Waals surface area contributed by atoms with E-state index in [1.807, 2.05) is 32.9 Å². The van der Waals surface area contributed by atoms with Crippen molar-refractivity contribution in [3.05, 3.63) is 59.7 Å². The molecule has 0 aliphatic heterocycles. The number of rotatable bonds is 4. The van der Waals surface area contributed by atoms with E-state index in [4.69, 9.17) is 10.5 Å². The van der Waals surface area contributed by atoms with Crippen molar-refractivity contribution < 1.29 is 9.53 Å². The summed E-state index contributed by atoms with van der Waals surface area (Å²) in [5, 5.41) is 0. The lowest BCUT2D eigenvalue weighted by Crippen LogP contribution is -2.27. The molecule has 0 saturated carbocycles. The van der Waals surface area contributed by atoms with E-state index in [2.05, 4.69) is 38.1 Å². The van der Waals surface area contributed by atoms with E-state index in [0.717, 1.165) is 11.1 Å². The van der Waals surface area contributed by atoms with Crippen LogP contribution in [0.4, 0.5) is 0 Å². The SMILES string of the molecule is CC(C)(C)OC(=O)c1ccc(-c2ccc(C(C)(C)CN)cc2)cc1. The summed E-state index contributed by atoms with van der Waals surface area (Å²) in [5.41, 5.74) is 9.29. The van der Waals surface area contributed by atoms with Crippen LogP contribution in [0.3, 0.4) is 0 Å². The van der Waals surface area contributed by atoms with Gasteiger partial charge in [0.25, 0.3) is 0 Å². The van der Waals surface area contributed by atoms with Gasteiger partial charge in [-0.2, -0.15) is 0 Å². The van der Waals surface area contributed by atoms with Crippen molar-refractivity contribution in [1.29, 1.82) is 0 Å². The van der Waals surface area contributed by atoms with E-state index in [1.54, 1.807) is 12.1 Å². The van der Waals surface area contributed by atoms with Gasteiger partial charge in [0.2, 0.25) is 0 Å². The quantitative estimate of drug-likeness (QED) is 0.839. The third-order valence-corrected chi connectivity index (χ3v) is 4.03. The van der Waals surface area contributed by atoms with Crippen molar-refractivity contribution >= 4 is 5.97 Å². The summed E-state index contributed by atoms with van der Waals surface area (Å²) in [6.07, 6.45) is 0. The molecular formula is C21H27NO2. The molecule has 0 heterocycles. The minimum atomic E-state index is -0.485. The first kappa shape index (κ1) is 18.2. The van der Waals surface area contributed by atoms with Crippen LogP contribution in [0.1, 0.15) is 50.5 Å². The van der Waals surface area contributed by atoms with Crippen LogP contribution in [0.5, 0.6) is 0 Å². The van der Waals surface area contributed by atoms with Gasteiger partial charge in [0.15, 0.2) is 0 Å². The highest BCUT2D eigenvalue weighted by molar-refractivity contribution is 5.90. The molecule has 2 aromatic rings. The third-order valence-electron chi connectivity index (χ3n) is 4.03. The van der Waals surface area contributed by atoms with Crippen LogP contribution in [-0.4, -0.2) is 18.1 Å². The van der Waals surface area contributed by atoms with Crippen LogP contribution < -0.4 is 5.73 Å². The normalized spacial score (nSPS) is 12.1. The lowest BCUT2D eigenvalue weighted by atomic mass is 9.84. The molecule has 0 bridgehead atoms. The molecule has 128 valence electrons. The fourth-order valence-electron chi connectivity index (χ4n) is 2.37. The Morgan fingerprint density at radius 3 is 1.75 bits per heavy atom. The predicted molar refractivity (Wildman–Crippen MR) is 99.1 cm³/mol. The van der Waals surface area contributed by atoms with Crippen molar-refractivity contribution in [2.24, 2.45) is 5.73 Å². The Bertz CT molecular complexity index is 692. The van der Waals surface area contributed by atoms with Gasteiger partial charge in [-0.1, -0.05) is 50.2 Å². The lowest BCUT2D eigenvalue weighted by Gasteiger charge is -2.23. The van der Waals surface area contributed by atoms with Crippen molar-refractivity contribution in [1.82, 2.24) is 0 Å². The van der Waals surface area contributed by atoms with Crippen LogP contribution in [0.15, 0.2) is 48.5 Å². The van der Waals surface area contributed by atoms with E-state index in [0.29, 0.717) is 12.1 Å². The number of hydrogen-bond acceptors (Lipinski definition) is 3. The largest absolute Gasteiger partial charge is 0.456 e. The van der Waals surface area contributed by atoms with Gasteiger partial charge in [0.1, 0.15) is 5.60 Å². The van der Waals surface area contributed by atoms with Crippen LogP contribution >= 0.6 is 0 Å². The molecule has 0 atom stereocenters. The van der Waals surface area contributed by atoms with Crippen LogP contribution in [0.25, 0.3) is 11.1 Å². The smallest absolute Gasteiger partial charge is 0.338 e. The van der Waals surface area contributed by atoms with E-state index in [1.165, 1.54) is 5.56 Å². The van der Waals surface area contributed by atoms with Crippen molar-refractivity contribution in [3.63, 3.8) is 0 Å². The van der Waals surface area contributed by atoms with Crippen LogP contribution in [-0.2, 0) is 10.2 Å². The molecule has 0 saturated heterocycles. The molecule has 0 aliphatic carbocycles. The zero-order valence-electron chi connectivity index (χ0n) is 15.2. The second-order valence-corrected chi connectivity index (χ2v) is 7.74. The minimum Gasteiger partial charge on any atom is -0.456 e. The van der Waals surface area contributed by atoms with Crippen LogP contribution in [0.2, 0.25) is 0 Å². The van der Waals surface area contributed by atoms with Crippen molar-refractivity contribution in [3.8, 4) is 11.1 Å². The van der Waals surface area contributed by atoms with E-state index < -0.39 is 5.60 Å². The maximum atomic E-state index is 12.1. The van der Waals surface area contributed by atoms with Gasteiger partial charge < -0.3 is 10.5 Å². The van der Waals surface area contributed by atoms with E-state index in [9.17, 15) is 4.79 Å². The predicted octanol–water partition coefficient (Wildman–Crippen LogP) is 4.55. The average Bonchev–Trinajstić information content (AvgIpc) is 2.53. The first-order valence-corrected chi connectivity index (χ1v) is 8.27. The Hall–Kier alpha value is -2.13. The standard InChI is InChI=1S/C21H27NO2/c1-20(2,3)24-19(23)17-8-6-15(7-9-17)16-10-12-18(13-11-16)21(4,5)14-22/h6-13H,14,22H2,1-5H3. The minimum absolute atomic E-state index is 0.0287. The van der Waals surface area contributed by atoms with E-state index >= 15 is 0 Å². The molecule has 3 nitrogen and oxygen atoms in total. The molecular weight excluding hydrogens is 298 g/mol. The number of carbonyl (C=O) groups is 1. The van der Waals surface area contributed by atoms with Gasteiger partial charge in [0, 0.05) is 12.0 Å². The lowest BCUT2D eigenvalue weighted by molar-refractivity contribution is 0.00696. The number of nitrogens with two attached hydrogens (primary N) is 1. The Kier molecular flexibility index (Phi) is 5.14. The number of hydrogen-bond donors (Lipinski definition) is 1. The Balaban J connectivity index is 2.18. The maximum absolute atomic E-state index is 12.1. The fraction of sp³-hybridized carbons (Fsp3) is 0.381. The summed E-state index contributed by atoms with van der Waals surface area (Å²) >= 11 is 0. The summed E-state index contributed by atoms with van der Waals surface area (Å²) in [6.45, 7) is 10.5. The molecule has 0 unspecified atom stereocenters. The molecule has 0 radical (unpaired) electrons. The zero-order chi connectivity index (χ0) is 18.0. The van der Waals surface area contributed by atoms with Gasteiger partial charge in [-0.15, -0.1) is 0 Å². The summed E-state index contributed by atoms with van der Waals surface area (Å²) in [5.74, 6) is -0.297. The molecule has 0 fully saturated rings. The number of esters is 1. The topological polar surface area (TPSA) is 52.3 Å². The third kappa shape index (κ3) is 4.45. The number of carbonyl (C=O) groups excluding carboxylic acids is 1. The van der Waals surface area contributed by atoms with Gasteiger partial charge in [-0.3, -0.25) is 0 Å². The molecule has 0 spiro atoms. The van der Waals surface area contributed by atoms with Gasteiger partial charge in [-0.05, 0) is 49.6 Å². The molecule has 0 amide bonds. The monoisotopic (exact) mass is 325 g/mol. The molecule has 2 rings (SSSR count). The Labute approximate surface area is 144 Å². The highest BCUT2D eigenvalue weighted by atomic mass is 16.6. The zero-order valence-corrected chi connectivity index (χ0v) is 15.2. The highest BCUT2D eigenvalue weighted by Gasteiger charge is 2.19. The first-order valence-electron chi connectivity index (χ1n) is 8.27. The number of benzene rings is 2. The Morgan fingerprint density at radius 2 is 1.33 bits per heavy atom. The molecule has 0 aromatic heterocycles. The summed E-state index contributed by atoms with van der Waals surface area (Å²) < 4.78 is 5.38. The molecule has 2 N–H and O–H groups in total. The van der Waals surface area contributed by atoms with Crippen LogP contribution in [0, 0.1) is 0 Å². The average molecular weight is 325 g/mol. The summed E-state index contributed by atoms with van der Waals surface area (Å²) in [4.78, 5) is 12.1. The highest BCUT2D eigenvalue weighted by Crippen LogP contribution is 2.26. The summed E-state index contributed by atoms with van der Waals surface area (Å²) in [7, 11) is 0. The van der Waals surface area contributed by atoms with Gasteiger partial charge >= 0.3 is 5.97 Å². The second-order valence-electron chi connectivity index (χ2n) is 7.74. The van der Waals surface area contributed by atoms with Crippen molar-refractivity contribution in [2.45, 2.75) is 45.6 Å². The number of ether oxygens (including phenoxy) is 1. The second kappa shape index (κ2) is 6.78. The van der Waals surface area contributed by atoms with Crippen molar-refractivity contribution in [2.75, 3.05) is 6.54 Å². The maximum Gasteiger partial charge on any atom is 0.338 e. The molecule has 24 heavy (non-hydrogen) atoms. The molecule has 0 aliphatic rings. The summed E-state index contributed by atoms with van der Waals surface area (Å²) in [6, 6.07) is 15.9. The van der Waals surface area contributed by atoms with Gasteiger partial charge in [0.05, 0.1) is 5.56 Å².